The number of imide groups is 1. The van der Waals surface area contributed by atoms with Crippen LogP contribution in [0.2, 0.25) is 0 Å². The van der Waals surface area contributed by atoms with Gasteiger partial charge in [-0.25, -0.2) is 4.79 Å². The van der Waals surface area contributed by atoms with E-state index in [0.29, 0.717) is 35.9 Å². The van der Waals surface area contributed by atoms with Gasteiger partial charge in [-0.3, -0.25) is 19.3 Å². The van der Waals surface area contributed by atoms with E-state index >= 15 is 0 Å². The van der Waals surface area contributed by atoms with Gasteiger partial charge in [-0.05, 0) is 88.7 Å². The summed E-state index contributed by atoms with van der Waals surface area (Å²) < 4.78 is 12.6. The van der Waals surface area contributed by atoms with E-state index in [1.54, 1.807) is 38.1 Å². The van der Waals surface area contributed by atoms with Crippen LogP contribution in [0.4, 0.5) is 5.69 Å². The number of para-hydroxylation sites is 2. The Morgan fingerprint density at radius 2 is 1.49 bits per heavy atom. The van der Waals surface area contributed by atoms with Gasteiger partial charge in [-0.1, -0.05) is 26.0 Å². The fourth-order valence-electron chi connectivity index (χ4n) is 3.55. The first-order chi connectivity index (χ1) is 16.5. The number of hydrogen-bond donors (Lipinski definition) is 1. The monoisotopic (exact) mass is 736 g/mol. The molecule has 0 radical (unpaired) electrons. The number of fused-ring (bicyclic) bond motifs is 1. The molecule has 186 valence electrons. The van der Waals surface area contributed by atoms with E-state index in [1.807, 2.05) is 6.92 Å². The molecule has 0 spiro atoms. The fraction of sp³-hybridized carbons (Fsp3) is 0.304. The van der Waals surface area contributed by atoms with Gasteiger partial charge in [0.15, 0.2) is 6.61 Å². The molecule has 35 heavy (non-hydrogen) atoms. The summed E-state index contributed by atoms with van der Waals surface area (Å²) in [6.07, 6.45) is 0. The van der Waals surface area contributed by atoms with Gasteiger partial charge >= 0.3 is 5.97 Å². The van der Waals surface area contributed by atoms with Crippen LogP contribution in [0, 0.1) is 5.92 Å². The van der Waals surface area contributed by atoms with Gasteiger partial charge in [0, 0.05) is 17.9 Å². The minimum Gasteiger partial charge on any atom is -0.492 e. The number of halogens is 4. The molecule has 0 fully saturated rings. The van der Waals surface area contributed by atoms with Crippen LogP contribution in [0.25, 0.3) is 0 Å². The van der Waals surface area contributed by atoms with Gasteiger partial charge in [0.25, 0.3) is 17.7 Å². The molecule has 1 aliphatic heterocycles. The van der Waals surface area contributed by atoms with E-state index < -0.39 is 42.3 Å². The second kappa shape index (κ2) is 11.5. The Morgan fingerprint density at radius 1 is 0.943 bits per heavy atom. The quantitative estimate of drug-likeness (QED) is 0.156. The predicted octanol–water partition coefficient (Wildman–Crippen LogP) is 5.94. The molecular weight excluding hydrogens is 720 g/mol. The zero-order valence-corrected chi connectivity index (χ0v) is 25.1. The first kappa shape index (κ1) is 27.8. The Balaban J connectivity index is 1.79. The molecule has 12 heteroatoms. The normalized spacial score (nSPS) is 13.7. The number of carbonyl (C=O) groups excluding carboxylic acids is 4. The Labute approximate surface area is 235 Å². The van der Waals surface area contributed by atoms with E-state index in [-0.39, 0.29) is 11.1 Å². The van der Waals surface area contributed by atoms with E-state index in [4.69, 9.17) is 9.47 Å². The molecule has 0 bridgehead atoms. The molecule has 1 atom stereocenters. The Morgan fingerprint density at radius 3 is 2.00 bits per heavy atom. The number of esters is 1. The summed E-state index contributed by atoms with van der Waals surface area (Å²) in [5.41, 5.74) is 0.684. The predicted molar refractivity (Wildman–Crippen MR) is 144 cm³/mol. The maximum absolute atomic E-state index is 13.3. The van der Waals surface area contributed by atoms with Crippen molar-refractivity contribution in [1.29, 1.82) is 0 Å². The lowest BCUT2D eigenvalue weighted by atomic mass is 10.0. The molecule has 1 heterocycles. The minimum absolute atomic E-state index is 0.126. The lowest BCUT2D eigenvalue weighted by Crippen LogP contribution is -2.49. The number of anilines is 1. The third-order valence-electron chi connectivity index (χ3n) is 5.09. The molecule has 3 amide bonds. The van der Waals surface area contributed by atoms with Crippen molar-refractivity contribution in [1.82, 2.24) is 4.90 Å². The van der Waals surface area contributed by atoms with Gasteiger partial charge in [0.2, 0.25) is 0 Å². The number of hydrogen-bond acceptors (Lipinski definition) is 6. The Bertz CT molecular complexity index is 1170. The highest BCUT2D eigenvalue weighted by Crippen LogP contribution is 2.46. The topological polar surface area (TPSA) is 102 Å². The second-order valence-corrected chi connectivity index (χ2v) is 10.9. The number of benzene rings is 2. The van der Waals surface area contributed by atoms with Crippen molar-refractivity contribution >= 4 is 93.1 Å². The van der Waals surface area contributed by atoms with Gasteiger partial charge in [0.05, 0.1) is 23.4 Å². The first-order valence-electron chi connectivity index (χ1n) is 10.4. The summed E-state index contributed by atoms with van der Waals surface area (Å²) in [6, 6.07) is 5.63. The lowest BCUT2D eigenvalue weighted by Gasteiger charge is -2.27. The van der Waals surface area contributed by atoms with Crippen LogP contribution in [0.3, 0.4) is 0 Å². The van der Waals surface area contributed by atoms with E-state index in [0.717, 1.165) is 4.90 Å². The largest absolute Gasteiger partial charge is 0.492 e. The first-order valence-corrected chi connectivity index (χ1v) is 13.6. The summed E-state index contributed by atoms with van der Waals surface area (Å²) in [5, 5.41) is 2.64. The molecule has 0 saturated carbocycles. The number of amides is 3. The molecule has 2 aromatic carbocycles. The van der Waals surface area contributed by atoms with Gasteiger partial charge in [0.1, 0.15) is 11.8 Å². The summed E-state index contributed by atoms with van der Waals surface area (Å²) in [4.78, 5) is 52.9. The van der Waals surface area contributed by atoms with Crippen LogP contribution >= 0.6 is 63.7 Å². The van der Waals surface area contributed by atoms with Gasteiger partial charge in [-0.15, -0.1) is 0 Å². The highest BCUT2D eigenvalue weighted by Gasteiger charge is 2.47. The van der Waals surface area contributed by atoms with Crippen molar-refractivity contribution in [3.05, 3.63) is 53.3 Å². The molecule has 0 aliphatic carbocycles. The van der Waals surface area contributed by atoms with Crippen molar-refractivity contribution in [3.63, 3.8) is 0 Å². The van der Waals surface area contributed by atoms with Gasteiger partial charge < -0.3 is 14.8 Å². The molecule has 0 aromatic heterocycles. The van der Waals surface area contributed by atoms with Crippen molar-refractivity contribution in [2.45, 2.75) is 26.8 Å². The molecule has 2 aromatic rings. The van der Waals surface area contributed by atoms with Crippen LogP contribution in [0.5, 0.6) is 5.75 Å². The molecule has 1 unspecified atom stereocenters. The maximum Gasteiger partial charge on any atom is 0.330 e. The third-order valence-corrected chi connectivity index (χ3v) is 9.86. The zero-order chi connectivity index (χ0) is 26.0. The molecular formula is C23H20Br4N2O6. The molecule has 1 aliphatic rings. The van der Waals surface area contributed by atoms with Crippen molar-refractivity contribution < 1.29 is 28.7 Å². The van der Waals surface area contributed by atoms with E-state index in [1.165, 1.54) is 0 Å². The van der Waals surface area contributed by atoms with Crippen molar-refractivity contribution in [2.75, 3.05) is 18.5 Å². The van der Waals surface area contributed by atoms with Crippen LogP contribution in [-0.4, -0.2) is 47.8 Å². The fourth-order valence-corrected chi connectivity index (χ4v) is 6.01. The highest BCUT2D eigenvalue weighted by atomic mass is 79.9. The second-order valence-electron chi connectivity index (χ2n) is 7.76. The summed E-state index contributed by atoms with van der Waals surface area (Å²) in [6.45, 7) is 5.00. The summed E-state index contributed by atoms with van der Waals surface area (Å²) in [5.74, 6) is -2.74. The van der Waals surface area contributed by atoms with Crippen LogP contribution in [0.15, 0.2) is 42.2 Å². The summed E-state index contributed by atoms with van der Waals surface area (Å²) >= 11 is 13.5. The van der Waals surface area contributed by atoms with Gasteiger partial charge in [-0.2, -0.15) is 0 Å². The SMILES string of the molecule is CCOc1ccccc1NC(=O)COC(=O)C(C(C)C)N1C(=O)c2c(Br)c(Br)c(Br)c(Br)c2C1=O. The van der Waals surface area contributed by atoms with Crippen LogP contribution in [-0.2, 0) is 14.3 Å². The zero-order valence-electron chi connectivity index (χ0n) is 18.8. The molecule has 1 N–H and O–H groups in total. The Hall–Kier alpha value is -1.76. The lowest BCUT2D eigenvalue weighted by molar-refractivity contribution is -0.152. The smallest absolute Gasteiger partial charge is 0.330 e. The van der Waals surface area contributed by atoms with Crippen molar-refractivity contribution in [2.24, 2.45) is 5.92 Å². The molecule has 8 nitrogen and oxygen atoms in total. The van der Waals surface area contributed by atoms with Crippen molar-refractivity contribution in [3.8, 4) is 5.75 Å². The molecule has 3 rings (SSSR count). The third kappa shape index (κ3) is 5.50. The van der Waals surface area contributed by atoms with E-state index in [2.05, 4.69) is 69.0 Å². The number of nitrogens with zero attached hydrogens (tertiary/aromatic N) is 1. The number of rotatable bonds is 8. The average Bonchev–Trinajstić information content (AvgIpc) is 3.06. The van der Waals surface area contributed by atoms with Crippen LogP contribution < -0.4 is 10.1 Å². The number of ether oxygens (including phenoxy) is 2. The number of nitrogens with one attached hydrogen (secondary N) is 1. The minimum atomic E-state index is -1.23. The standard InChI is InChI=1S/C23H20Br4N2O6/c1-4-34-12-8-6-5-7-11(12)28-13(30)9-35-23(33)20(10(2)3)29-21(31)14-15(22(29)32)17(25)19(27)18(26)16(14)24/h5-8,10,20H,4,9H2,1-3H3,(H,28,30). The summed E-state index contributed by atoms with van der Waals surface area (Å²) in [7, 11) is 0. The average molecular weight is 740 g/mol. The maximum atomic E-state index is 13.3. The highest BCUT2D eigenvalue weighted by molar-refractivity contribution is 9.15. The number of carbonyl (C=O) groups is 4. The van der Waals surface area contributed by atoms with Crippen LogP contribution in [0.1, 0.15) is 41.5 Å². The van der Waals surface area contributed by atoms with E-state index in [9.17, 15) is 19.2 Å². The Kier molecular flexibility index (Phi) is 9.16. The molecule has 0 saturated heterocycles.